The number of ketones is 1. The molecular weight excluding hydrogens is 378 g/mol. The van der Waals surface area contributed by atoms with E-state index in [0.717, 1.165) is 18.8 Å². The van der Waals surface area contributed by atoms with Crippen LogP contribution in [0.3, 0.4) is 0 Å². The normalized spacial score (nSPS) is 16.1. The van der Waals surface area contributed by atoms with Gasteiger partial charge in [0.25, 0.3) is 11.2 Å². The van der Waals surface area contributed by atoms with Crippen molar-refractivity contribution in [3.05, 3.63) is 67.9 Å². The van der Waals surface area contributed by atoms with Crippen molar-refractivity contribution in [1.29, 1.82) is 0 Å². The fourth-order valence-electron chi connectivity index (χ4n) is 3.69. The summed E-state index contributed by atoms with van der Waals surface area (Å²) in [6, 6.07) is 7.31. The zero-order valence-electron chi connectivity index (χ0n) is 15.2. The molecule has 0 spiro atoms. The summed E-state index contributed by atoms with van der Waals surface area (Å²) in [6.45, 7) is 3.50. The maximum Gasteiger partial charge on any atom is 0.285 e. The lowest BCUT2D eigenvalue weighted by molar-refractivity contribution is -0.384. The van der Waals surface area contributed by atoms with E-state index < -0.39 is 16.3 Å². The number of carbonyl (C=O) groups is 1. The number of aromatic nitrogens is 3. The Bertz CT molecular complexity index is 1250. The molecule has 1 aromatic carbocycles. The molecule has 4 heterocycles. The third-order valence-electron chi connectivity index (χ3n) is 5.14. The molecule has 2 aliphatic rings. The minimum atomic E-state index is -0.581. The van der Waals surface area contributed by atoms with Gasteiger partial charge in [0, 0.05) is 31.8 Å². The molecule has 3 aromatic rings. The summed E-state index contributed by atoms with van der Waals surface area (Å²) in [5.41, 5.74) is 0.916. The van der Waals surface area contributed by atoms with Gasteiger partial charge in [-0.25, -0.2) is 9.97 Å². The van der Waals surface area contributed by atoms with Gasteiger partial charge in [0.05, 0.1) is 40.6 Å². The van der Waals surface area contributed by atoms with Crippen LogP contribution in [0.2, 0.25) is 0 Å². The highest BCUT2D eigenvalue weighted by molar-refractivity contribution is 6.13. The molecule has 0 N–H and O–H groups in total. The Labute approximate surface area is 163 Å². The quantitative estimate of drug-likeness (QED) is 0.374. The summed E-state index contributed by atoms with van der Waals surface area (Å²) in [7, 11) is 0. The number of morpholine rings is 1. The molecule has 29 heavy (non-hydrogen) atoms. The molecule has 1 fully saturated rings. The van der Waals surface area contributed by atoms with Crippen LogP contribution in [0.5, 0.6) is 0 Å². The first kappa shape index (κ1) is 17.6. The zero-order chi connectivity index (χ0) is 20.1. The smallest absolute Gasteiger partial charge is 0.285 e. The van der Waals surface area contributed by atoms with E-state index in [0.29, 0.717) is 25.3 Å². The fraction of sp³-hybridized carbons (Fsp3) is 0.263. The average Bonchev–Trinajstić information content (AvgIpc) is 3.01. The van der Waals surface area contributed by atoms with E-state index in [1.54, 1.807) is 12.1 Å². The van der Waals surface area contributed by atoms with Gasteiger partial charge in [0.2, 0.25) is 5.78 Å². The number of ether oxygens (including phenoxy) is 1. The second kappa shape index (κ2) is 6.54. The lowest BCUT2D eigenvalue weighted by atomic mass is 10.1. The first-order valence-corrected chi connectivity index (χ1v) is 9.09. The van der Waals surface area contributed by atoms with Gasteiger partial charge in [-0.2, -0.15) is 0 Å². The van der Waals surface area contributed by atoms with Crippen molar-refractivity contribution in [2.24, 2.45) is 0 Å². The van der Waals surface area contributed by atoms with Gasteiger partial charge >= 0.3 is 0 Å². The van der Waals surface area contributed by atoms with Crippen molar-refractivity contribution >= 4 is 22.5 Å². The van der Waals surface area contributed by atoms with Crippen LogP contribution in [0.25, 0.3) is 16.7 Å². The van der Waals surface area contributed by atoms with Gasteiger partial charge in [0.1, 0.15) is 0 Å². The van der Waals surface area contributed by atoms with Crippen LogP contribution in [0.1, 0.15) is 21.9 Å². The third kappa shape index (κ3) is 2.80. The van der Waals surface area contributed by atoms with E-state index in [2.05, 4.69) is 14.9 Å². The van der Waals surface area contributed by atoms with Gasteiger partial charge in [-0.15, -0.1) is 0 Å². The van der Waals surface area contributed by atoms with Crippen LogP contribution in [-0.2, 0) is 11.3 Å². The van der Waals surface area contributed by atoms with Gasteiger partial charge < -0.3 is 4.74 Å². The highest BCUT2D eigenvalue weighted by Crippen LogP contribution is 2.29. The Hall–Kier alpha value is -3.50. The van der Waals surface area contributed by atoms with Gasteiger partial charge in [-0.3, -0.25) is 29.2 Å². The molecule has 5 rings (SSSR count). The van der Waals surface area contributed by atoms with Crippen LogP contribution in [-0.4, -0.2) is 56.4 Å². The second-order valence-corrected chi connectivity index (χ2v) is 6.92. The van der Waals surface area contributed by atoms with E-state index in [9.17, 15) is 19.7 Å². The van der Waals surface area contributed by atoms with Crippen molar-refractivity contribution in [2.45, 2.75) is 6.54 Å². The van der Waals surface area contributed by atoms with Gasteiger partial charge in [-0.1, -0.05) is 0 Å². The van der Waals surface area contributed by atoms with Crippen molar-refractivity contribution < 1.29 is 14.5 Å². The number of hydrogen-bond acceptors (Lipinski definition) is 8. The highest BCUT2D eigenvalue weighted by atomic mass is 16.6. The first-order chi connectivity index (χ1) is 14.0. The molecule has 0 aliphatic carbocycles. The minimum Gasteiger partial charge on any atom is -0.379 e. The maximum absolute atomic E-state index is 13.1. The Morgan fingerprint density at radius 1 is 1.10 bits per heavy atom. The Morgan fingerprint density at radius 2 is 1.90 bits per heavy atom. The number of fused-ring (bicyclic) bond motifs is 4. The van der Waals surface area contributed by atoms with Crippen molar-refractivity contribution in [1.82, 2.24) is 19.4 Å². The topological polar surface area (TPSA) is 120 Å². The van der Waals surface area contributed by atoms with Gasteiger partial charge in [0.15, 0.2) is 11.3 Å². The molecule has 10 nitrogen and oxygen atoms in total. The molecule has 1 saturated heterocycles. The Kier molecular flexibility index (Phi) is 3.96. The lowest BCUT2D eigenvalue weighted by Gasteiger charge is -2.26. The van der Waals surface area contributed by atoms with Crippen molar-refractivity contribution in [2.75, 3.05) is 26.3 Å². The Balaban J connectivity index is 1.62. The number of nitrogens with zero attached hydrogens (tertiary/aromatic N) is 5. The fourth-order valence-corrected chi connectivity index (χ4v) is 3.69. The van der Waals surface area contributed by atoms with Gasteiger partial charge in [-0.05, 0) is 18.2 Å². The number of benzene rings is 1. The van der Waals surface area contributed by atoms with Crippen molar-refractivity contribution in [3.8, 4) is 5.69 Å². The number of nitro groups is 1. The summed E-state index contributed by atoms with van der Waals surface area (Å²) in [5, 5.41) is 11.0. The molecule has 0 atom stereocenters. The molecule has 2 aromatic heterocycles. The van der Waals surface area contributed by atoms with Crippen LogP contribution < -0.4 is 5.56 Å². The van der Waals surface area contributed by atoms with E-state index in [-0.39, 0.29) is 28.3 Å². The Morgan fingerprint density at radius 3 is 2.66 bits per heavy atom. The largest absolute Gasteiger partial charge is 0.379 e. The second-order valence-electron chi connectivity index (χ2n) is 6.92. The molecule has 0 unspecified atom stereocenters. The minimum absolute atomic E-state index is 0.0549. The molecular formula is C19H15N5O5. The van der Waals surface area contributed by atoms with Crippen LogP contribution in [0, 0.1) is 10.1 Å². The molecule has 0 saturated carbocycles. The highest BCUT2D eigenvalue weighted by Gasteiger charge is 2.32. The third-order valence-corrected chi connectivity index (χ3v) is 5.14. The number of nitro benzene ring substituents is 1. The molecule has 10 heteroatoms. The number of pyridine rings is 1. The summed E-state index contributed by atoms with van der Waals surface area (Å²) < 4.78 is 6.53. The van der Waals surface area contributed by atoms with E-state index in [1.807, 2.05) is 0 Å². The predicted octanol–water partition coefficient (Wildman–Crippen LogP) is 1.07. The summed E-state index contributed by atoms with van der Waals surface area (Å²) in [5.74, 6) is -0.569. The first-order valence-electron chi connectivity index (χ1n) is 9.09. The monoisotopic (exact) mass is 393 g/mol. The predicted molar refractivity (Wildman–Crippen MR) is 101 cm³/mol. The van der Waals surface area contributed by atoms with Crippen LogP contribution in [0.4, 0.5) is 5.69 Å². The number of carbonyl (C=O) groups excluding carboxylic acids is 1. The number of rotatable bonds is 3. The van der Waals surface area contributed by atoms with Crippen LogP contribution in [0.15, 0.2) is 35.1 Å². The maximum atomic E-state index is 13.1. The average molecular weight is 393 g/mol. The number of hydrogen-bond donors (Lipinski definition) is 0. The summed E-state index contributed by atoms with van der Waals surface area (Å²) in [4.78, 5) is 47.3. The zero-order valence-corrected chi connectivity index (χ0v) is 15.2. The lowest BCUT2D eigenvalue weighted by Crippen LogP contribution is -2.36. The van der Waals surface area contributed by atoms with E-state index >= 15 is 0 Å². The summed E-state index contributed by atoms with van der Waals surface area (Å²) >= 11 is 0. The van der Waals surface area contributed by atoms with Crippen LogP contribution >= 0.6 is 0 Å². The molecule has 2 aliphatic heterocycles. The van der Waals surface area contributed by atoms with E-state index in [4.69, 9.17) is 4.74 Å². The number of non-ortho nitro benzene ring substituents is 1. The molecule has 146 valence electrons. The van der Waals surface area contributed by atoms with Crippen molar-refractivity contribution in [3.63, 3.8) is 0 Å². The summed E-state index contributed by atoms with van der Waals surface area (Å²) in [6.07, 6.45) is 0. The SMILES string of the molecule is O=C1c2cc([N+](=O)[O-])ccc2-n2c1nc1ccc(CN3CCOCC3)nc1c2=O. The van der Waals surface area contributed by atoms with E-state index in [1.165, 1.54) is 22.8 Å². The molecule has 0 radical (unpaired) electrons. The molecule has 0 amide bonds. The molecule has 0 bridgehead atoms. The standard InChI is InChI=1S/C19H15N5O5/c25-17-13-9-12(24(27)28)2-4-15(13)23-18(17)21-14-3-1-11(20-16(14)19(23)26)10-22-5-7-29-8-6-22/h1-4,9H,5-8,10H2.